The second kappa shape index (κ2) is 8.06. The van der Waals surface area contributed by atoms with Crippen LogP contribution in [0.1, 0.15) is 11.3 Å². The largest absolute Gasteiger partial charge is 0.497 e. The summed E-state index contributed by atoms with van der Waals surface area (Å²) in [6, 6.07) is 24.2. The third-order valence-electron chi connectivity index (χ3n) is 4.71. The summed E-state index contributed by atoms with van der Waals surface area (Å²) in [5, 5.41) is 5.61. The number of nitrogens with zero attached hydrogens (tertiary/aromatic N) is 2. The molecule has 3 aromatic carbocycles. The van der Waals surface area contributed by atoms with Gasteiger partial charge in [-0.25, -0.2) is 13.1 Å². The molecule has 0 atom stereocenters. The van der Waals surface area contributed by atoms with Crippen LogP contribution < -0.4 is 9.46 Å². The minimum atomic E-state index is -3.66. The number of sulfonamides is 1. The van der Waals surface area contributed by atoms with E-state index < -0.39 is 10.0 Å². The molecule has 0 aliphatic rings. The van der Waals surface area contributed by atoms with Gasteiger partial charge in [-0.3, -0.25) is 4.68 Å². The predicted molar refractivity (Wildman–Crippen MR) is 112 cm³/mol. The van der Waals surface area contributed by atoms with Crippen molar-refractivity contribution in [3.8, 4) is 5.75 Å². The van der Waals surface area contributed by atoms with E-state index in [2.05, 4.69) is 9.82 Å². The van der Waals surface area contributed by atoms with Gasteiger partial charge in [0.05, 0.1) is 36.3 Å². The summed E-state index contributed by atoms with van der Waals surface area (Å²) in [6.07, 6.45) is 0. The molecule has 1 aromatic heterocycles. The van der Waals surface area contributed by atoms with E-state index in [9.17, 15) is 8.42 Å². The lowest BCUT2D eigenvalue weighted by Gasteiger charge is -2.07. The Bertz CT molecular complexity index is 1220. The molecule has 0 bridgehead atoms. The highest BCUT2D eigenvalue weighted by atomic mass is 32.2. The van der Waals surface area contributed by atoms with Crippen LogP contribution >= 0.6 is 0 Å². The molecule has 0 saturated heterocycles. The minimum Gasteiger partial charge on any atom is -0.497 e. The summed E-state index contributed by atoms with van der Waals surface area (Å²) in [5.41, 5.74) is 2.79. The van der Waals surface area contributed by atoms with Crippen molar-refractivity contribution >= 4 is 20.9 Å². The second-order valence-corrected chi connectivity index (χ2v) is 8.37. The number of ether oxygens (including phenoxy) is 1. The number of rotatable bonds is 7. The van der Waals surface area contributed by atoms with E-state index in [1.165, 1.54) is 12.1 Å². The molecule has 0 aliphatic heterocycles. The average molecular weight is 407 g/mol. The van der Waals surface area contributed by atoms with E-state index >= 15 is 0 Å². The summed E-state index contributed by atoms with van der Waals surface area (Å²) >= 11 is 0. The Labute approximate surface area is 169 Å². The highest BCUT2D eigenvalue weighted by Gasteiger charge is 2.17. The third kappa shape index (κ3) is 4.16. The Kier molecular flexibility index (Phi) is 5.33. The lowest BCUT2D eigenvalue weighted by atomic mass is 10.2. The standard InChI is InChI=1S/C22H21N3O3S/c1-28-18-11-13-19(14-12-18)29(26,27)23-15-21-20-9-5-6-10-22(20)25(24-21)16-17-7-3-2-4-8-17/h2-14,23H,15-16H2,1H3. The quantitative estimate of drug-likeness (QED) is 0.508. The number of methoxy groups -OCH3 is 1. The van der Waals surface area contributed by atoms with Crippen molar-refractivity contribution in [2.45, 2.75) is 18.0 Å². The van der Waals surface area contributed by atoms with Gasteiger partial charge in [-0.1, -0.05) is 48.5 Å². The average Bonchev–Trinajstić information content (AvgIpc) is 3.11. The lowest BCUT2D eigenvalue weighted by molar-refractivity contribution is 0.414. The number of fused-ring (bicyclic) bond motifs is 1. The van der Waals surface area contributed by atoms with Gasteiger partial charge in [0.15, 0.2) is 0 Å². The first-order valence-electron chi connectivity index (χ1n) is 9.19. The van der Waals surface area contributed by atoms with Crippen LogP contribution in [0, 0.1) is 0 Å². The fourth-order valence-corrected chi connectivity index (χ4v) is 4.19. The van der Waals surface area contributed by atoms with Crippen LogP contribution in [-0.4, -0.2) is 25.3 Å². The molecule has 0 aliphatic carbocycles. The first kappa shape index (κ1) is 19.2. The zero-order chi connectivity index (χ0) is 20.3. The van der Waals surface area contributed by atoms with Gasteiger partial charge in [0.1, 0.15) is 5.75 Å². The van der Waals surface area contributed by atoms with Crippen molar-refractivity contribution in [3.05, 3.63) is 90.1 Å². The van der Waals surface area contributed by atoms with Crippen molar-refractivity contribution in [2.75, 3.05) is 7.11 Å². The number of hydrogen-bond acceptors (Lipinski definition) is 4. The van der Waals surface area contributed by atoms with Crippen LogP contribution in [0.15, 0.2) is 83.8 Å². The van der Waals surface area contributed by atoms with E-state index in [4.69, 9.17) is 4.74 Å². The van der Waals surface area contributed by atoms with E-state index in [1.807, 2.05) is 59.3 Å². The number of aromatic nitrogens is 2. The van der Waals surface area contributed by atoms with Gasteiger partial charge in [-0.15, -0.1) is 0 Å². The number of hydrogen-bond donors (Lipinski definition) is 1. The zero-order valence-electron chi connectivity index (χ0n) is 15.9. The van der Waals surface area contributed by atoms with Crippen LogP contribution in [0.3, 0.4) is 0 Å². The summed E-state index contributed by atoms with van der Waals surface area (Å²) in [4.78, 5) is 0.186. The normalized spacial score (nSPS) is 11.6. The Balaban J connectivity index is 1.59. The van der Waals surface area contributed by atoms with E-state index in [-0.39, 0.29) is 11.4 Å². The Morgan fingerprint density at radius 2 is 1.62 bits per heavy atom. The highest BCUT2D eigenvalue weighted by Crippen LogP contribution is 2.21. The first-order chi connectivity index (χ1) is 14.1. The molecule has 1 heterocycles. The third-order valence-corrected chi connectivity index (χ3v) is 6.13. The first-order valence-corrected chi connectivity index (χ1v) is 10.7. The number of nitrogens with one attached hydrogen (secondary N) is 1. The molecular formula is C22H21N3O3S. The van der Waals surface area contributed by atoms with Crippen molar-refractivity contribution < 1.29 is 13.2 Å². The molecular weight excluding hydrogens is 386 g/mol. The van der Waals surface area contributed by atoms with E-state index in [1.54, 1.807) is 19.2 Å². The van der Waals surface area contributed by atoms with Gasteiger partial charge in [0.25, 0.3) is 0 Å². The highest BCUT2D eigenvalue weighted by molar-refractivity contribution is 7.89. The van der Waals surface area contributed by atoms with Gasteiger partial charge < -0.3 is 4.74 Å². The maximum Gasteiger partial charge on any atom is 0.240 e. The van der Waals surface area contributed by atoms with Gasteiger partial charge in [-0.2, -0.15) is 5.10 Å². The Morgan fingerprint density at radius 1 is 0.931 bits per heavy atom. The van der Waals surface area contributed by atoms with Crippen LogP contribution in [0.5, 0.6) is 5.75 Å². The van der Waals surface area contributed by atoms with Gasteiger partial charge in [0, 0.05) is 5.39 Å². The molecule has 29 heavy (non-hydrogen) atoms. The Hall–Kier alpha value is -3.16. The molecule has 4 aromatic rings. The van der Waals surface area contributed by atoms with Crippen molar-refractivity contribution in [3.63, 3.8) is 0 Å². The van der Waals surface area contributed by atoms with Crippen molar-refractivity contribution in [2.24, 2.45) is 0 Å². The molecule has 0 amide bonds. The lowest BCUT2D eigenvalue weighted by Crippen LogP contribution is -2.23. The summed E-state index contributed by atoms with van der Waals surface area (Å²) in [5.74, 6) is 0.606. The van der Waals surface area contributed by atoms with Crippen molar-refractivity contribution in [1.29, 1.82) is 0 Å². The van der Waals surface area contributed by atoms with Crippen LogP contribution in [0.2, 0.25) is 0 Å². The Morgan fingerprint density at radius 3 is 2.34 bits per heavy atom. The summed E-state index contributed by atoms with van der Waals surface area (Å²) < 4.78 is 34.9. The van der Waals surface area contributed by atoms with Crippen LogP contribution in [0.25, 0.3) is 10.9 Å². The minimum absolute atomic E-state index is 0.108. The number of benzene rings is 3. The van der Waals surface area contributed by atoms with E-state index in [0.717, 1.165) is 16.5 Å². The van der Waals surface area contributed by atoms with E-state index in [0.29, 0.717) is 18.0 Å². The maximum atomic E-state index is 12.7. The maximum absolute atomic E-state index is 12.7. The molecule has 148 valence electrons. The molecule has 0 fully saturated rings. The molecule has 1 N–H and O–H groups in total. The smallest absolute Gasteiger partial charge is 0.240 e. The summed E-state index contributed by atoms with van der Waals surface area (Å²) in [7, 11) is -2.12. The monoisotopic (exact) mass is 407 g/mol. The fourth-order valence-electron chi connectivity index (χ4n) is 3.21. The zero-order valence-corrected chi connectivity index (χ0v) is 16.8. The fraction of sp³-hybridized carbons (Fsp3) is 0.136. The van der Waals surface area contributed by atoms with Gasteiger partial charge >= 0.3 is 0 Å². The van der Waals surface area contributed by atoms with Gasteiger partial charge in [-0.05, 0) is 35.9 Å². The van der Waals surface area contributed by atoms with Crippen LogP contribution in [0.4, 0.5) is 0 Å². The SMILES string of the molecule is COc1ccc(S(=O)(=O)NCc2nn(Cc3ccccc3)c3ccccc23)cc1. The molecule has 0 radical (unpaired) electrons. The van der Waals surface area contributed by atoms with Gasteiger partial charge in [0.2, 0.25) is 10.0 Å². The second-order valence-electron chi connectivity index (χ2n) is 6.61. The predicted octanol–water partition coefficient (Wildman–Crippen LogP) is 3.57. The molecule has 6 nitrogen and oxygen atoms in total. The molecule has 4 rings (SSSR count). The topological polar surface area (TPSA) is 73.2 Å². The molecule has 0 unspecified atom stereocenters. The van der Waals surface area contributed by atoms with Crippen molar-refractivity contribution in [1.82, 2.24) is 14.5 Å². The van der Waals surface area contributed by atoms with Crippen LogP contribution in [-0.2, 0) is 23.1 Å². The summed E-state index contributed by atoms with van der Waals surface area (Å²) in [6.45, 7) is 0.725. The molecule has 0 saturated carbocycles. The number of para-hydroxylation sites is 1. The molecule has 0 spiro atoms. The molecule has 7 heteroatoms.